The van der Waals surface area contributed by atoms with Crippen LogP contribution in [0.25, 0.3) is 5.57 Å². The highest BCUT2D eigenvalue weighted by molar-refractivity contribution is 6.32. The number of benzene rings is 1. The van der Waals surface area contributed by atoms with Crippen molar-refractivity contribution < 1.29 is 33.6 Å². The first-order chi connectivity index (χ1) is 13.3. The number of hydrogen-bond donors (Lipinski definition) is 4. The Bertz CT molecular complexity index is 890. The lowest BCUT2D eigenvalue weighted by molar-refractivity contribution is -0.130. The minimum absolute atomic E-state index is 0.0461. The second-order valence-corrected chi connectivity index (χ2v) is 5.57. The largest absolute Gasteiger partial charge is 0.515 e. The van der Waals surface area contributed by atoms with Crippen molar-refractivity contribution in [1.29, 1.82) is 5.41 Å². The van der Waals surface area contributed by atoms with Crippen LogP contribution in [0.4, 0.5) is 8.78 Å². The van der Waals surface area contributed by atoms with Crippen molar-refractivity contribution in [1.82, 2.24) is 4.98 Å². The molecule has 2 rings (SSSR count). The minimum Gasteiger partial charge on any atom is -0.515 e. The van der Waals surface area contributed by atoms with Crippen LogP contribution in [0.1, 0.15) is 16.8 Å². The molecule has 0 amide bonds. The minimum atomic E-state index is -1.28. The molecule has 0 aliphatic rings. The highest BCUT2D eigenvalue weighted by atomic mass is 35.5. The van der Waals surface area contributed by atoms with Crippen LogP contribution in [0, 0.1) is 17.0 Å². The molecule has 28 heavy (non-hydrogen) atoms. The van der Waals surface area contributed by atoms with Gasteiger partial charge in [-0.25, -0.2) is 18.6 Å². The molecule has 0 bridgehead atoms. The quantitative estimate of drug-likeness (QED) is 0.327. The van der Waals surface area contributed by atoms with Crippen LogP contribution < -0.4 is 0 Å². The van der Waals surface area contributed by atoms with E-state index < -0.39 is 17.6 Å². The number of carbonyl (C=O) groups is 1. The smallest absolute Gasteiger partial charge is 0.339 e. The van der Waals surface area contributed by atoms with Crippen molar-refractivity contribution in [3.63, 3.8) is 0 Å². The van der Waals surface area contributed by atoms with E-state index >= 15 is 0 Å². The average Bonchev–Trinajstić information content (AvgIpc) is 2.63. The molecule has 0 aliphatic carbocycles. The molecule has 0 fully saturated rings. The van der Waals surface area contributed by atoms with E-state index in [1.165, 1.54) is 19.2 Å². The monoisotopic (exact) mass is 414 g/mol. The first kappa shape index (κ1) is 23.2. The molecule has 10 heteroatoms. The fraction of sp³-hybridized carbons (Fsp3) is 0.167. The van der Waals surface area contributed by atoms with Gasteiger partial charge in [0.15, 0.2) is 5.82 Å². The van der Waals surface area contributed by atoms with Crippen molar-refractivity contribution in [2.24, 2.45) is 0 Å². The zero-order chi connectivity index (χ0) is 21.3. The van der Waals surface area contributed by atoms with Gasteiger partial charge in [-0.15, -0.1) is 0 Å². The van der Waals surface area contributed by atoms with Crippen LogP contribution in [0.2, 0.25) is 5.02 Å². The number of aliphatic hydroxyl groups is 2. The molecule has 150 valence electrons. The number of hydrogen-bond acceptors (Lipinski definition) is 6. The summed E-state index contributed by atoms with van der Waals surface area (Å²) in [5.74, 6) is -2.89. The maximum atomic E-state index is 12.9. The Balaban J connectivity index is 0.000000283. The molecule has 7 nitrogen and oxygen atoms in total. The highest BCUT2D eigenvalue weighted by Gasteiger charge is 2.16. The molecule has 0 spiro atoms. The van der Waals surface area contributed by atoms with Crippen molar-refractivity contribution >= 4 is 28.9 Å². The molecular weight excluding hydrogens is 398 g/mol. The van der Waals surface area contributed by atoms with Gasteiger partial charge in [0.2, 0.25) is 0 Å². The van der Waals surface area contributed by atoms with E-state index in [-0.39, 0.29) is 46.3 Å². The zero-order valence-electron chi connectivity index (χ0n) is 14.6. The summed E-state index contributed by atoms with van der Waals surface area (Å²) in [6.07, 6.45) is 1.34. The number of methoxy groups -OCH3 is 1. The average molecular weight is 415 g/mol. The SMILES string of the molecule is COCC(=N)c1ncc(F)cc1F.O=C(O)/C(=C/O)c1cccc(Cl)c1CO. The van der Waals surface area contributed by atoms with E-state index in [9.17, 15) is 13.6 Å². The van der Waals surface area contributed by atoms with Gasteiger partial charge in [-0.05, 0) is 11.6 Å². The van der Waals surface area contributed by atoms with Crippen LogP contribution in [0.5, 0.6) is 0 Å². The molecule has 1 aromatic heterocycles. The van der Waals surface area contributed by atoms with Gasteiger partial charge in [-0.3, -0.25) is 0 Å². The van der Waals surface area contributed by atoms with Crippen LogP contribution in [0.3, 0.4) is 0 Å². The van der Waals surface area contributed by atoms with Crippen molar-refractivity contribution in [2.45, 2.75) is 6.61 Å². The standard InChI is InChI=1S/C10H9ClO4.C8H8F2N2O/c11-9-3-1-2-6(7(9)4-12)8(5-13)10(14)15;1-13-4-7(11)8-6(10)2-5(9)3-12-8/h1-3,5,12-13H,4H2,(H,14,15);2-3,11H,4H2,1H3/b8-5+;. The van der Waals surface area contributed by atoms with E-state index in [0.29, 0.717) is 12.3 Å². The molecule has 0 atom stereocenters. The van der Waals surface area contributed by atoms with Crippen LogP contribution in [-0.4, -0.2) is 45.7 Å². The Morgan fingerprint density at radius 2 is 2.07 bits per heavy atom. The van der Waals surface area contributed by atoms with Crippen molar-refractivity contribution in [3.8, 4) is 0 Å². The molecule has 1 aromatic carbocycles. The lowest BCUT2D eigenvalue weighted by atomic mass is 10.0. The number of pyridine rings is 1. The molecule has 4 N–H and O–H groups in total. The third-order valence-electron chi connectivity index (χ3n) is 3.31. The lowest BCUT2D eigenvalue weighted by Gasteiger charge is -2.08. The van der Waals surface area contributed by atoms with E-state index in [2.05, 4.69) is 9.72 Å². The molecule has 0 saturated heterocycles. The second-order valence-electron chi connectivity index (χ2n) is 5.17. The fourth-order valence-corrected chi connectivity index (χ4v) is 2.30. The number of halogens is 3. The van der Waals surface area contributed by atoms with Gasteiger partial charge < -0.3 is 25.5 Å². The summed E-state index contributed by atoms with van der Waals surface area (Å²) in [5, 5.41) is 34.2. The third kappa shape index (κ3) is 6.08. The maximum Gasteiger partial charge on any atom is 0.339 e. The first-order valence-electron chi connectivity index (χ1n) is 7.60. The Hall–Kier alpha value is -2.88. The third-order valence-corrected chi connectivity index (χ3v) is 3.66. The number of nitrogens with zero attached hydrogens (tertiary/aromatic N) is 1. The van der Waals surface area contributed by atoms with Crippen molar-refractivity contribution in [2.75, 3.05) is 13.7 Å². The van der Waals surface area contributed by atoms with Crippen molar-refractivity contribution in [3.05, 3.63) is 70.2 Å². The second kappa shape index (κ2) is 11.1. The number of aliphatic hydroxyl groups excluding tert-OH is 2. The summed E-state index contributed by atoms with van der Waals surface area (Å²) in [7, 11) is 1.38. The number of carboxylic acid groups (broad SMARTS) is 1. The summed E-state index contributed by atoms with van der Waals surface area (Å²) < 4.78 is 29.9. The Labute approximate surface area is 164 Å². The van der Waals surface area contributed by atoms with E-state index in [4.69, 9.17) is 32.3 Å². The summed E-state index contributed by atoms with van der Waals surface area (Å²) in [6, 6.07) is 5.23. The normalized spacial score (nSPS) is 10.8. The number of rotatable bonds is 6. The Morgan fingerprint density at radius 1 is 1.39 bits per heavy atom. The molecule has 0 aliphatic heterocycles. The van der Waals surface area contributed by atoms with Crippen LogP contribution in [-0.2, 0) is 16.1 Å². The predicted molar refractivity (Wildman–Crippen MR) is 98.5 cm³/mol. The summed E-state index contributed by atoms with van der Waals surface area (Å²) in [4.78, 5) is 14.2. The molecule has 0 unspecified atom stereocenters. The van der Waals surface area contributed by atoms with Crippen LogP contribution >= 0.6 is 11.6 Å². The van der Waals surface area contributed by atoms with Gasteiger partial charge in [0.1, 0.15) is 17.1 Å². The summed E-state index contributed by atoms with van der Waals surface area (Å²) in [5.41, 5.74) is -0.105. The molecule has 1 heterocycles. The fourth-order valence-electron chi connectivity index (χ4n) is 2.06. The summed E-state index contributed by atoms with van der Waals surface area (Å²) >= 11 is 5.77. The molecular formula is C18H17ClF2N2O5. The maximum absolute atomic E-state index is 12.9. The zero-order valence-corrected chi connectivity index (χ0v) is 15.4. The molecule has 2 aromatic rings. The van der Waals surface area contributed by atoms with E-state index in [1.54, 1.807) is 6.07 Å². The number of aliphatic carboxylic acids is 1. The van der Waals surface area contributed by atoms with Gasteiger partial charge in [-0.2, -0.15) is 0 Å². The number of aromatic nitrogens is 1. The Kier molecular flexibility index (Phi) is 9.16. The van der Waals surface area contributed by atoms with Gasteiger partial charge in [-0.1, -0.05) is 23.7 Å². The number of carboxylic acids is 1. The number of ether oxygens (including phenoxy) is 1. The predicted octanol–water partition coefficient (Wildman–Crippen LogP) is 3.19. The topological polar surface area (TPSA) is 124 Å². The van der Waals surface area contributed by atoms with Gasteiger partial charge in [0, 0.05) is 23.8 Å². The van der Waals surface area contributed by atoms with Gasteiger partial charge >= 0.3 is 5.97 Å². The summed E-state index contributed by atoms with van der Waals surface area (Å²) in [6.45, 7) is -0.435. The van der Waals surface area contributed by atoms with E-state index in [0.717, 1.165) is 6.20 Å². The van der Waals surface area contributed by atoms with E-state index in [1.807, 2.05) is 0 Å². The Morgan fingerprint density at radius 3 is 2.57 bits per heavy atom. The first-order valence-corrected chi connectivity index (χ1v) is 7.98. The number of nitrogens with one attached hydrogen (secondary N) is 1. The molecule has 0 radical (unpaired) electrons. The van der Waals surface area contributed by atoms with Gasteiger partial charge in [0.25, 0.3) is 0 Å². The molecule has 0 saturated carbocycles. The van der Waals surface area contributed by atoms with Gasteiger partial charge in [0.05, 0.1) is 31.4 Å². The lowest BCUT2D eigenvalue weighted by Crippen LogP contribution is -2.11. The highest BCUT2D eigenvalue weighted by Crippen LogP contribution is 2.25. The van der Waals surface area contributed by atoms with Crippen LogP contribution in [0.15, 0.2) is 36.7 Å².